The molecule has 90 valence electrons. The van der Waals surface area contributed by atoms with Gasteiger partial charge < -0.3 is 5.32 Å². The van der Waals surface area contributed by atoms with E-state index in [-0.39, 0.29) is 0 Å². The molecule has 1 aromatic rings. The number of nitrogens with one attached hydrogen (secondary N) is 1. The molecule has 0 aromatic heterocycles. The van der Waals surface area contributed by atoms with E-state index in [9.17, 15) is 0 Å². The topological polar surface area (TPSA) is 12.0 Å². The van der Waals surface area contributed by atoms with Gasteiger partial charge >= 0.3 is 0 Å². The quantitative estimate of drug-likeness (QED) is 0.784. The highest BCUT2D eigenvalue weighted by molar-refractivity contribution is 14.1. The summed E-state index contributed by atoms with van der Waals surface area (Å²) in [6, 6.07) is 8.90. The minimum absolute atomic E-state index is 0.755. The fourth-order valence-corrected chi connectivity index (χ4v) is 2.51. The number of rotatable bonds is 6. The van der Waals surface area contributed by atoms with Crippen LogP contribution in [0.25, 0.3) is 0 Å². The second-order valence-corrected chi connectivity index (χ2v) is 6.13. The van der Waals surface area contributed by atoms with Crippen LogP contribution in [-0.4, -0.2) is 13.6 Å². The molecule has 0 spiro atoms. The van der Waals surface area contributed by atoms with Gasteiger partial charge in [-0.3, -0.25) is 0 Å². The molecule has 1 unspecified atom stereocenters. The molecule has 0 radical (unpaired) electrons. The van der Waals surface area contributed by atoms with Crippen LogP contribution in [0.4, 0.5) is 0 Å². The van der Waals surface area contributed by atoms with Crippen molar-refractivity contribution in [3.05, 3.63) is 33.4 Å². The third kappa shape index (κ3) is 5.30. The zero-order valence-electron chi connectivity index (χ0n) is 10.5. The molecule has 0 saturated heterocycles. The standard InChI is InChI=1S/C14H22IN/c1-11(2)8-13(10-16-3)9-12-4-6-14(15)7-5-12/h4-7,11,13,16H,8-10H2,1-3H3. The van der Waals surface area contributed by atoms with Crippen molar-refractivity contribution in [1.29, 1.82) is 0 Å². The lowest BCUT2D eigenvalue weighted by atomic mass is 9.91. The fraction of sp³-hybridized carbons (Fsp3) is 0.571. The molecule has 0 amide bonds. The molecule has 0 heterocycles. The summed E-state index contributed by atoms with van der Waals surface area (Å²) in [4.78, 5) is 0. The van der Waals surface area contributed by atoms with Crippen molar-refractivity contribution in [3.8, 4) is 0 Å². The summed E-state index contributed by atoms with van der Waals surface area (Å²) in [7, 11) is 2.04. The van der Waals surface area contributed by atoms with Gasteiger partial charge in [-0.1, -0.05) is 26.0 Å². The monoisotopic (exact) mass is 331 g/mol. The third-order valence-electron chi connectivity index (χ3n) is 2.74. The Bertz CT molecular complexity index is 292. The van der Waals surface area contributed by atoms with E-state index in [2.05, 4.69) is 66.0 Å². The molecule has 0 aliphatic carbocycles. The molecule has 1 aromatic carbocycles. The van der Waals surface area contributed by atoms with Crippen LogP contribution in [0, 0.1) is 15.4 Å². The second kappa shape index (κ2) is 7.28. The first-order valence-electron chi connectivity index (χ1n) is 6.01. The Morgan fingerprint density at radius 2 is 1.81 bits per heavy atom. The summed E-state index contributed by atoms with van der Waals surface area (Å²) in [5.74, 6) is 1.53. The molecule has 16 heavy (non-hydrogen) atoms. The van der Waals surface area contributed by atoms with Crippen molar-refractivity contribution >= 4 is 22.6 Å². The molecule has 0 aliphatic heterocycles. The predicted octanol–water partition coefficient (Wildman–Crippen LogP) is 3.72. The van der Waals surface area contributed by atoms with Gasteiger partial charge in [-0.05, 0) is 78.6 Å². The maximum atomic E-state index is 3.30. The zero-order valence-corrected chi connectivity index (χ0v) is 12.6. The van der Waals surface area contributed by atoms with E-state index in [0.29, 0.717) is 0 Å². The lowest BCUT2D eigenvalue weighted by Gasteiger charge is -2.18. The summed E-state index contributed by atoms with van der Waals surface area (Å²) in [6.45, 7) is 5.72. The number of halogens is 1. The van der Waals surface area contributed by atoms with Crippen molar-refractivity contribution in [2.75, 3.05) is 13.6 Å². The number of hydrogen-bond donors (Lipinski definition) is 1. The van der Waals surface area contributed by atoms with Gasteiger partial charge in [0, 0.05) is 3.57 Å². The SMILES string of the molecule is CNCC(Cc1ccc(I)cc1)CC(C)C. The van der Waals surface area contributed by atoms with Crippen LogP contribution in [0.5, 0.6) is 0 Å². The molecule has 1 nitrogen and oxygen atoms in total. The Labute approximate surface area is 113 Å². The van der Waals surface area contributed by atoms with Crippen molar-refractivity contribution in [2.24, 2.45) is 11.8 Å². The zero-order chi connectivity index (χ0) is 12.0. The molecule has 0 saturated carbocycles. The lowest BCUT2D eigenvalue weighted by molar-refractivity contribution is 0.395. The van der Waals surface area contributed by atoms with Gasteiger partial charge in [-0.2, -0.15) is 0 Å². The molecule has 2 heteroatoms. The summed E-state index contributed by atoms with van der Waals surface area (Å²) >= 11 is 2.35. The highest BCUT2D eigenvalue weighted by atomic mass is 127. The van der Waals surface area contributed by atoms with E-state index >= 15 is 0 Å². The van der Waals surface area contributed by atoms with Gasteiger partial charge in [0.1, 0.15) is 0 Å². The van der Waals surface area contributed by atoms with E-state index in [1.165, 1.54) is 22.0 Å². The van der Waals surface area contributed by atoms with Crippen LogP contribution in [0.15, 0.2) is 24.3 Å². The average molecular weight is 331 g/mol. The molecule has 1 N–H and O–H groups in total. The first-order valence-corrected chi connectivity index (χ1v) is 7.08. The maximum Gasteiger partial charge on any atom is 0.0130 e. The van der Waals surface area contributed by atoms with Crippen LogP contribution in [0.2, 0.25) is 0 Å². The lowest BCUT2D eigenvalue weighted by Crippen LogP contribution is -2.22. The van der Waals surface area contributed by atoms with Crippen LogP contribution in [0.3, 0.4) is 0 Å². The third-order valence-corrected chi connectivity index (χ3v) is 3.45. The molecular weight excluding hydrogens is 309 g/mol. The average Bonchev–Trinajstić information content (AvgIpc) is 2.21. The van der Waals surface area contributed by atoms with E-state index in [1.807, 2.05) is 7.05 Å². The van der Waals surface area contributed by atoms with E-state index in [4.69, 9.17) is 0 Å². The molecular formula is C14H22IN. The fourth-order valence-electron chi connectivity index (χ4n) is 2.15. The highest BCUT2D eigenvalue weighted by Gasteiger charge is 2.10. The van der Waals surface area contributed by atoms with E-state index in [0.717, 1.165) is 18.4 Å². The van der Waals surface area contributed by atoms with Crippen molar-refractivity contribution in [1.82, 2.24) is 5.32 Å². The summed E-state index contributed by atoms with van der Waals surface area (Å²) in [5, 5.41) is 3.30. The normalized spacial score (nSPS) is 13.1. The molecule has 0 aliphatic rings. The Kier molecular flexibility index (Phi) is 6.36. The number of hydrogen-bond acceptors (Lipinski definition) is 1. The van der Waals surface area contributed by atoms with Gasteiger partial charge in [-0.15, -0.1) is 0 Å². The van der Waals surface area contributed by atoms with Gasteiger partial charge in [0.15, 0.2) is 0 Å². The second-order valence-electron chi connectivity index (χ2n) is 4.88. The van der Waals surface area contributed by atoms with Crippen molar-refractivity contribution in [2.45, 2.75) is 26.7 Å². The van der Waals surface area contributed by atoms with Crippen molar-refractivity contribution in [3.63, 3.8) is 0 Å². The Morgan fingerprint density at radius 3 is 2.31 bits per heavy atom. The van der Waals surface area contributed by atoms with E-state index in [1.54, 1.807) is 0 Å². The predicted molar refractivity (Wildman–Crippen MR) is 79.7 cm³/mol. The Morgan fingerprint density at radius 1 is 1.19 bits per heavy atom. The van der Waals surface area contributed by atoms with Gasteiger partial charge in [0.2, 0.25) is 0 Å². The van der Waals surface area contributed by atoms with Gasteiger partial charge in [-0.25, -0.2) is 0 Å². The van der Waals surface area contributed by atoms with Crippen molar-refractivity contribution < 1.29 is 0 Å². The van der Waals surface area contributed by atoms with Crippen LogP contribution in [-0.2, 0) is 6.42 Å². The summed E-state index contributed by atoms with van der Waals surface area (Å²) in [6.07, 6.45) is 2.49. The Hall–Kier alpha value is -0.0900. The highest BCUT2D eigenvalue weighted by Crippen LogP contribution is 2.17. The molecule has 0 fully saturated rings. The minimum Gasteiger partial charge on any atom is -0.319 e. The smallest absolute Gasteiger partial charge is 0.0130 e. The first kappa shape index (κ1) is 14.0. The van der Waals surface area contributed by atoms with Crippen LogP contribution >= 0.6 is 22.6 Å². The van der Waals surface area contributed by atoms with Crippen LogP contribution < -0.4 is 5.32 Å². The Balaban J connectivity index is 2.56. The largest absolute Gasteiger partial charge is 0.319 e. The van der Waals surface area contributed by atoms with E-state index < -0.39 is 0 Å². The minimum atomic E-state index is 0.755. The maximum absolute atomic E-state index is 3.30. The van der Waals surface area contributed by atoms with Gasteiger partial charge in [0.05, 0.1) is 0 Å². The number of benzene rings is 1. The van der Waals surface area contributed by atoms with Crippen LogP contribution in [0.1, 0.15) is 25.8 Å². The summed E-state index contributed by atoms with van der Waals surface area (Å²) in [5.41, 5.74) is 1.46. The molecule has 1 atom stereocenters. The first-order chi connectivity index (χ1) is 7.61. The van der Waals surface area contributed by atoms with Gasteiger partial charge in [0.25, 0.3) is 0 Å². The summed E-state index contributed by atoms with van der Waals surface area (Å²) < 4.78 is 1.32. The molecule has 1 rings (SSSR count). The molecule has 0 bridgehead atoms.